The summed E-state index contributed by atoms with van der Waals surface area (Å²) in [6.45, 7) is 12.8. The van der Waals surface area contributed by atoms with Gasteiger partial charge < -0.3 is 10.2 Å². The Kier molecular flexibility index (Phi) is 6.01. The number of amides is 1. The smallest absolute Gasteiger partial charge is 0.251 e. The number of carbonyl (C=O) groups is 1. The van der Waals surface area contributed by atoms with Crippen LogP contribution in [0.3, 0.4) is 0 Å². The zero-order valence-corrected chi connectivity index (χ0v) is 14.5. The number of benzene rings is 1. The average Bonchev–Trinajstić information content (AvgIpc) is 2.47. The van der Waals surface area contributed by atoms with Crippen LogP contribution in [0.4, 0.5) is 0 Å². The molecule has 1 aromatic carbocycles. The molecule has 0 aromatic heterocycles. The maximum Gasteiger partial charge on any atom is 0.251 e. The van der Waals surface area contributed by atoms with E-state index in [-0.39, 0.29) is 5.91 Å². The quantitative estimate of drug-likeness (QED) is 0.845. The molecule has 0 radical (unpaired) electrons. The number of hydrogen-bond acceptors (Lipinski definition) is 2. The highest BCUT2D eigenvalue weighted by molar-refractivity contribution is 5.95. The molecule has 1 aliphatic rings. The monoisotopic (exact) mass is 302 g/mol. The van der Waals surface area contributed by atoms with Gasteiger partial charge in [0.05, 0.1) is 0 Å². The summed E-state index contributed by atoms with van der Waals surface area (Å²) in [6.07, 6.45) is 3.71. The van der Waals surface area contributed by atoms with Crippen molar-refractivity contribution in [1.82, 2.24) is 10.2 Å². The van der Waals surface area contributed by atoms with Gasteiger partial charge in [0.15, 0.2) is 0 Å². The predicted molar refractivity (Wildman–Crippen MR) is 92.4 cm³/mol. The highest BCUT2D eigenvalue weighted by Gasteiger charge is 2.15. The van der Waals surface area contributed by atoms with Gasteiger partial charge in [-0.15, -0.1) is 0 Å². The Labute approximate surface area is 135 Å². The third kappa shape index (κ3) is 4.57. The molecule has 0 bridgehead atoms. The molecule has 1 saturated heterocycles. The first-order valence-electron chi connectivity index (χ1n) is 8.55. The number of nitrogens with one attached hydrogen (secondary N) is 1. The molecule has 0 spiro atoms. The van der Waals surface area contributed by atoms with Crippen LogP contribution in [0.2, 0.25) is 0 Å². The van der Waals surface area contributed by atoms with Gasteiger partial charge in [0, 0.05) is 18.7 Å². The molecule has 1 heterocycles. The number of hydrogen-bond donors (Lipinski definition) is 1. The van der Waals surface area contributed by atoms with Crippen LogP contribution in [0.25, 0.3) is 0 Å². The van der Waals surface area contributed by atoms with E-state index in [2.05, 4.69) is 37.1 Å². The highest BCUT2D eigenvalue weighted by Crippen LogP contribution is 2.16. The SMILES string of the molecule is Cc1cc(C)c(C(=O)NCCCN2CCC[C@@H](C)C2)cc1C. The van der Waals surface area contributed by atoms with Gasteiger partial charge >= 0.3 is 0 Å². The lowest BCUT2D eigenvalue weighted by molar-refractivity contribution is 0.0949. The Hall–Kier alpha value is -1.35. The van der Waals surface area contributed by atoms with Gasteiger partial charge in [-0.1, -0.05) is 13.0 Å². The maximum atomic E-state index is 12.3. The van der Waals surface area contributed by atoms with Crippen molar-refractivity contribution in [2.45, 2.75) is 47.0 Å². The van der Waals surface area contributed by atoms with Gasteiger partial charge in [0.25, 0.3) is 5.91 Å². The lowest BCUT2D eigenvalue weighted by Gasteiger charge is -2.30. The van der Waals surface area contributed by atoms with Crippen molar-refractivity contribution in [1.29, 1.82) is 0 Å². The minimum Gasteiger partial charge on any atom is -0.352 e. The van der Waals surface area contributed by atoms with Crippen LogP contribution in [-0.2, 0) is 0 Å². The lowest BCUT2D eigenvalue weighted by atomic mass is 10.00. The number of aryl methyl sites for hydroxylation is 3. The Morgan fingerprint density at radius 3 is 2.68 bits per heavy atom. The molecule has 1 aromatic rings. The maximum absolute atomic E-state index is 12.3. The van der Waals surface area contributed by atoms with Crippen molar-refractivity contribution in [2.24, 2.45) is 5.92 Å². The van der Waals surface area contributed by atoms with Gasteiger partial charge in [-0.25, -0.2) is 0 Å². The summed E-state index contributed by atoms with van der Waals surface area (Å²) < 4.78 is 0. The van der Waals surface area contributed by atoms with Gasteiger partial charge in [0.2, 0.25) is 0 Å². The molecule has 1 atom stereocenters. The molecular formula is C19H30N2O. The van der Waals surface area contributed by atoms with Gasteiger partial charge in [0.1, 0.15) is 0 Å². The summed E-state index contributed by atoms with van der Waals surface area (Å²) in [7, 11) is 0. The topological polar surface area (TPSA) is 32.3 Å². The van der Waals surface area contributed by atoms with Crippen LogP contribution in [0.1, 0.15) is 53.2 Å². The minimum absolute atomic E-state index is 0.0626. The fraction of sp³-hybridized carbons (Fsp3) is 0.632. The van der Waals surface area contributed by atoms with E-state index in [0.717, 1.165) is 36.6 Å². The first-order chi connectivity index (χ1) is 10.5. The van der Waals surface area contributed by atoms with Crippen LogP contribution >= 0.6 is 0 Å². The molecule has 22 heavy (non-hydrogen) atoms. The zero-order valence-electron chi connectivity index (χ0n) is 14.5. The van der Waals surface area contributed by atoms with Crippen molar-refractivity contribution >= 4 is 5.91 Å². The van der Waals surface area contributed by atoms with E-state index in [0.29, 0.717) is 0 Å². The summed E-state index contributed by atoms with van der Waals surface area (Å²) in [5, 5.41) is 3.07. The van der Waals surface area contributed by atoms with E-state index < -0.39 is 0 Å². The Balaban J connectivity index is 1.77. The van der Waals surface area contributed by atoms with Crippen molar-refractivity contribution in [3.63, 3.8) is 0 Å². The van der Waals surface area contributed by atoms with E-state index in [4.69, 9.17) is 0 Å². The molecule has 1 amide bonds. The van der Waals surface area contributed by atoms with E-state index in [1.165, 1.54) is 37.1 Å². The fourth-order valence-corrected chi connectivity index (χ4v) is 3.29. The van der Waals surface area contributed by atoms with Crippen LogP contribution < -0.4 is 5.32 Å². The van der Waals surface area contributed by atoms with Crippen LogP contribution in [0.5, 0.6) is 0 Å². The van der Waals surface area contributed by atoms with E-state index in [1.807, 2.05) is 13.0 Å². The molecule has 0 saturated carbocycles. The Morgan fingerprint density at radius 2 is 1.95 bits per heavy atom. The number of nitrogens with zero attached hydrogens (tertiary/aromatic N) is 1. The first-order valence-corrected chi connectivity index (χ1v) is 8.55. The molecular weight excluding hydrogens is 272 g/mol. The summed E-state index contributed by atoms with van der Waals surface area (Å²) in [4.78, 5) is 14.8. The number of likely N-dealkylation sites (tertiary alicyclic amines) is 1. The van der Waals surface area contributed by atoms with Crippen molar-refractivity contribution in [3.8, 4) is 0 Å². The number of carbonyl (C=O) groups excluding carboxylic acids is 1. The van der Waals surface area contributed by atoms with E-state index in [9.17, 15) is 4.79 Å². The van der Waals surface area contributed by atoms with E-state index >= 15 is 0 Å². The Bertz CT molecular complexity index is 524. The third-order valence-corrected chi connectivity index (χ3v) is 4.76. The molecule has 0 unspecified atom stereocenters. The second kappa shape index (κ2) is 7.77. The van der Waals surface area contributed by atoms with Gasteiger partial charge in [-0.2, -0.15) is 0 Å². The molecule has 1 aliphatic heterocycles. The van der Waals surface area contributed by atoms with Crippen LogP contribution in [-0.4, -0.2) is 37.0 Å². The highest BCUT2D eigenvalue weighted by atomic mass is 16.1. The van der Waals surface area contributed by atoms with Crippen molar-refractivity contribution < 1.29 is 4.79 Å². The van der Waals surface area contributed by atoms with Crippen molar-refractivity contribution in [3.05, 3.63) is 34.4 Å². The summed E-state index contributed by atoms with van der Waals surface area (Å²) in [5.41, 5.74) is 4.30. The number of rotatable bonds is 5. The Morgan fingerprint density at radius 1 is 1.23 bits per heavy atom. The van der Waals surface area contributed by atoms with Crippen LogP contribution in [0, 0.1) is 26.7 Å². The summed E-state index contributed by atoms with van der Waals surface area (Å²) >= 11 is 0. The molecule has 2 rings (SSSR count). The standard InChI is InChI=1S/C19H30N2O/c1-14-7-5-9-21(13-14)10-6-8-20-19(22)18-12-16(3)15(2)11-17(18)4/h11-12,14H,5-10,13H2,1-4H3,(H,20,22)/t14-/m1/s1. The molecule has 3 nitrogen and oxygen atoms in total. The average molecular weight is 302 g/mol. The lowest BCUT2D eigenvalue weighted by Crippen LogP contribution is -2.36. The molecule has 0 aliphatic carbocycles. The second-order valence-corrected chi connectivity index (χ2v) is 6.91. The molecule has 1 fully saturated rings. The molecule has 1 N–H and O–H groups in total. The number of piperidine rings is 1. The minimum atomic E-state index is 0.0626. The fourth-order valence-electron chi connectivity index (χ4n) is 3.29. The van der Waals surface area contributed by atoms with Crippen molar-refractivity contribution in [2.75, 3.05) is 26.2 Å². The predicted octanol–water partition coefficient (Wildman–Crippen LogP) is 3.46. The van der Waals surface area contributed by atoms with Gasteiger partial charge in [-0.3, -0.25) is 4.79 Å². The molecule has 122 valence electrons. The summed E-state index contributed by atoms with van der Waals surface area (Å²) in [6, 6.07) is 4.10. The van der Waals surface area contributed by atoms with E-state index in [1.54, 1.807) is 0 Å². The van der Waals surface area contributed by atoms with Gasteiger partial charge in [-0.05, 0) is 81.8 Å². The zero-order chi connectivity index (χ0) is 16.1. The summed E-state index contributed by atoms with van der Waals surface area (Å²) in [5.74, 6) is 0.883. The third-order valence-electron chi connectivity index (χ3n) is 4.76. The normalized spacial score (nSPS) is 19.2. The first kappa shape index (κ1) is 17.0. The largest absolute Gasteiger partial charge is 0.352 e. The van der Waals surface area contributed by atoms with Crippen LogP contribution in [0.15, 0.2) is 12.1 Å². The second-order valence-electron chi connectivity index (χ2n) is 6.91. The molecule has 3 heteroatoms.